The predicted octanol–water partition coefficient (Wildman–Crippen LogP) is 0.164. The summed E-state index contributed by atoms with van der Waals surface area (Å²) in [6.07, 6.45) is 5.78. The molecule has 0 saturated heterocycles. The Bertz CT molecular complexity index is 272. The monoisotopic (exact) mass is 197 g/mol. The highest BCUT2D eigenvalue weighted by Crippen LogP contribution is 1.96. The summed E-state index contributed by atoms with van der Waals surface area (Å²) in [5, 5.41) is 0. The molecule has 1 rings (SSSR count). The third kappa shape index (κ3) is 3.18. The van der Waals surface area contributed by atoms with Gasteiger partial charge in [-0.3, -0.25) is 4.79 Å². The van der Waals surface area contributed by atoms with E-state index in [0.717, 1.165) is 0 Å². The van der Waals surface area contributed by atoms with Crippen molar-refractivity contribution in [2.75, 3.05) is 6.61 Å². The van der Waals surface area contributed by atoms with Crippen molar-refractivity contribution in [2.45, 2.75) is 25.9 Å². The lowest BCUT2D eigenvalue weighted by Crippen LogP contribution is -2.33. The Morgan fingerprint density at radius 1 is 1.71 bits per heavy atom. The number of nitrogens with two attached hydrogens (primary N) is 1. The van der Waals surface area contributed by atoms with Gasteiger partial charge in [0.25, 0.3) is 0 Å². The number of ether oxygens (including phenoxy) is 1. The molecule has 0 amide bonds. The Morgan fingerprint density at radius 3 is 3.07 bits per heavy atom. The SMILES string of the molecule is CCOC(=O)C(N)CCn1ccnc1. The Balaban J connectivity index is 2.27. The van der Waals surface area contributed by atoms with Gasteiger partial charge in [-0.25, -0.2) is 4.98 Å². The number of hydrogen-bond acceptors (Lipinski definition) is 4. The van der Waals surface area contributed by atoms with Gasteiger partial charge >= 0.3 is 5.97 Å². The molecule has 0 radical (unpaired) electrons. The van der Waals surface area contributed by atoms with Crippen molar-refractivity contribution in [1.82, 2.24) is 9.55 Å². The van der Waals surface area contributed by atoms with Crippen LogP contribution < -0.4 is 5.73 Å². The fraction of sp³-hybridized carbons (Fsp3) is 0.556. The summed E-state index contributed by atoms with van der Waals surface area (Å²) < 4.78 is 6.66. The normalized spacial score (nSPS) is 12.4. The maximum atomic E-state index is 11.1. The van der Waals surface area contributed by atoms with Gasteiger partial charge in [-0.1, -0.05) is 0 Å². The molecular weight excluding hydrogens is 182 g/mol. The maximum Gasteiger partial charge on any atom is 0.322 e. The summed E-state index contributed by atoms with van der Waals surface area (Å²) in [5.41, 5.74) is 5.61. The van der Waals surface area contributed by atoms with Crippen LogP contribution in [0.25, 0.3) is 0 Å². The Labute approximate surface area is 82.9 Å². The number of esters is 1. The van der Waals surface area contributed by atoms with Gasteiger partial charge in [-0.05, 0) is 13.3 Å². The van der Waals surface area contributed by atoms with Crippen LogP contribution in [-0.2, 0) is 16.1 Å². The third-order valence-corrected chi connectivity index (χ3v) is 1.85. The van der Waals surface area contributed by atoms with Gasteiger partial charge in [0.05, 0.1) is 12.9 Å². The first-order valence-electron chi connectivity index (χ1n) is 4.62. The van der Waals surface area contributed by atoms with Gasteiger partial charge in [-0.2, -0.15) is 0 Å². The van der Waals surface area contributed by atoms with E-state index in [-0.39, 0.29) is 5.97 Å². The van der Waals surface area contributed by atoms with Crippen molar-refractivity contribution in [3.8, 4) is 0 Å². The number of imidazole rings is 1. The highest BCUT2D eigenvalue weighted by atomic mass is 16.5. The fourth-order valence-electron chi connectivity index (χ4n) is 1.07. The van der Waals surface area contributed by atoms with Crippen molar-refractivity contribution < 1.29 is 9.53 Å². The molecular formula is C9H15N3O2. The van der Waals surface area contributed by atoms with Crippen LogP contribution in [0.1, 0.15) is 13.3 Å². The van der Waals surface area contributed by atoms with Gasteiger partial charge in [0.15, 0.2) is 0 Å². The predicted molar refractivity (Wildman–Crippen MR) is 51.5 cm³/mol. The molecule has 14 heavy (non-hydrogen) atoms. The minimum absolute atomic E-state index is 0.340. The largest absolute Gasteiger partial charge is 0.465 e. The number of rotatable bonds is 5. The molecule has 5 heteroatoms. The third-order valence-electron chi connectivity index (χ3n) is 1.85. The highest BCUT2D eigenvalue weighted by Gasteiger charge is 2.13. The van der Waals surface area contributed by atoms with Gasteiger partial charge in [-0.15, -0.1) is 0 Å². The van der Waals surface area contributed by atoms with Crippen LogP contribution >= 0.6 is 0 Å². The van der Waals surface area contributed by atoms with E-state index in [4.69, 9.17) is 10.5 Å². The molecule has 78 valence electrons. The zero-order chi connectivity index (χ0) is 10.4. The highest BCUT2D eigenvalue weighted by molar-refractivity contribution is 5.75. The van der Waals surface area contributed by atoms with Crippen LogP contribution in [0.5, 0.6) is 0 Å². The molecule has 0 saturated carbocycles. The molecule has 0 fully saturated rings. The molecule has 1 atom stereocenters. The van der Waals surface area contributed by atoms with Crippen LogP contribution in [0, 0.1) is 0 Å². The van der Waals surface area contributed by atoms with E-state index in [1.54, 1.807) is 19.4 Å². The summed E-state index contributed by atoms with van der Waals surface area (Å²) in [5.74, 6) is -0.340. The van der Waals surface area contributed by atoms with E-state index in [9.17, 15) is 4.79 Å². The quantitative estimate of drug-likeness (QED) is 0.683. The van der Waals surface area contributed by atoms with Crippen molar-refractivity contribution in [2.24, 2.45) is 5.73 Å². The molecule has 5 nitrogen and oxygen atoms in total. The average molecular weight is 197 g/mol. The van der Waals surface area contributed by atoms with Crippen LogP contribution in [0.4, 0.5) is 0 Å². The Hall–Kier alpha value is -1.36. The van der Waals surface area contributed by atoms with E-state index in [2.05, 4.69) is 4.98 Å². The van der Waals surface area contributed by atoms with E-state index in [1.807, 2.05) is 10.8 Å². The first kappa shape index (κ1) is 10.7. The van der Waals surface area contributed by atoms with Gasteiger partial charge < -0.3 is 15.0 Å². The lowest BCUT2D eigenvalue weighted by molar-refractivity contribution is -0.144. The second-order valence-electron chi connectivity index (χ2n) is 2.95. The summed E-state index contributed by atoms with van der Waals surface area (Å²) in [6.45, 7) is 2.82. The van der Waals surface area contributed by atoms with Gasteiger partial charge in [0.2, 0.25) is 0 Å². The second kappa shape index (κ2) is 5.39. The van der Waals surface area contributed by atoms with Crippen LogP contribution in [-0.4, -0.2) is 28.2 Å². The van der Waals surface area contributed by atoms with E-state index < -0.39 is 6.04 Å². The van der Waals surface area contributed by atoms with E-state index >= 15 is 0 Å². The molecule has 0 aromatic carbocycles. The maximum absolute atomic E-state index is 11.1. The number of nitrogens with zero attached hydrogens (tertiary/aromatic N) is 2. The Morgan fingerprint density at radius 2 is 2.50 bits per heavy atom. The molecule has 0 aliphatic carbocycles. The number of aryl methyl sites for hydroxylation is 1. The molecule has 1 heterocycles. The molecule has 0 bridgehead atoms. The van der Waals surface area contributed by atoms with Crippen LogP contribution in [0.15, 0.2) is 18.7 Å². The van der Waals surface area contributed by atoms with Crippen LogP contribution in [0.2, 0.25) is 0 Å². The number of carbonyl (C=O) groups excluding carboxylic acids is 1. The summed E-state index contributed by atoms with van der Waals surface area (Å²) in [4.78, 5) is 15.0. The van der Waals surface area contributed by atoms with Gasteiger partial charge in [0.1, 0.15) is 6.04 Å². The first-order valence-corrected chi connectivity index (χ1v) is 4.62. The van der Waals surface area contributed by atoms with Crippen molar-refractivity contribution in [1.29, 1.82) is 0 Å². The standard InChI is InChI=1S/C9H15N3O2/c1-2-14-9(13)8(10)3-5-12-6-4-11-7-12/h4,6-8H,2-3,5,10H2,1H3. The van der Waals surface area contributed by atoms with E-state index in [1.165, 1.54) is 0 Å². The number of carbonyl (C=O) groups is 1. The second-order valence-corrected chi connectivity index (χ2v) is 2.95. The number of hydrogen-bond donors (Lipinski definition) is 1. The smallest absolute Gasteiger partial charge is 0.322 e. The van der Waals surface area contributed by atoms with Gasteiger partial charge in [0, 0.05) is 18.9 Å². The molecule has 1 aromatic heterocycles. The van der Waals surface area contributed by atoms with E-state index in [0.29, 0.717) is 19.6 Å². The summed E-state index contributed by atoms with van der Waals surface area (Å²) >= 11 is 0. The molecule has 0 aliphatic rings. The van der Waals surface area contributed by atoms with Crippen molar-refractivity contribution in [3.05, 3.63) is 18.7 Å². The average Bonchev–Trinajstić information content (AvgIpc) is 2.67. The molecule has 1 aromatic rings. The zero-order valence-electron chi connectivity index (χ0n) is 8.22. The van der Waals surface area contributed by atoms with Crippen molar-refractivity contribution in [3.63, 3.8) is 0 Å². The lowest BCUT2D eigenvalue weighted by Gasteiger charge is -2.10. The number of aromatic nitrogens is 2. The topological polar surface area (TPSA) is 70.1 Å². The first-order chi connectivity index (χ1) is 6.74. The summed E-state index contributed by atoms with van der Waals surface area (Å²) in [7, 11) is 0. The fourth-order valence-corrected chi connectivity index (χ4v) is 1.07. The zero-order valence-corrected chi connectivity index (χ0v) is 8.22. The lowest BCUT2D eigenvalue weighted by atomic mass is 10.2. The molecule has 1 unspecified atom stereocenters. The Kier molecular flexibility index (Phi) is 4.12. The molecule has 0 spiro atoms. The van der Waals surface area contributed by atoms with Crippen LogP contribution in [0.3, 0.4) is 0 Å². The summed E-state index contributed by atoms with van der Waals surface area (Å²) in [6, 6.07) is -0.544. The minimum atomic E-state index is -0.544. The molecule has 2 N–H and O–H groups in total. The molecule has 0 aliphatic heterocycles. The van der Waals surface area contributed by atoms with Crippen molar-refractivity contribution >= 4 is 5.97 Å². The minimum Gasteiger partial charge on any atom is -0.465 e.